The van der Waals surface area contributed by atoms with Crippen molar-refractivity contribution < 1.29 is 19.7 Å². The highest BCUT2D eigenvalue weighted by molar-refractivity contribution is 5.70. The first-order chi connectivity index (χ1) is 30.0. The molecule has 6 aromatic rings. The average molecular weight is 853 g/mol. The van der Waals surface area contributed by atoms with Crippen LogP contribution >= 0.6 is 0 Å². The molecule has 0 spiro atoms. The van der Waals surface area contributed by atoms with Crippen molar-refractivity contribution in [3.8, 4) is 23.0 Å². The Bertz CT molecular complexity index is 2450. The predicted octanol–water partition coefficient (Wildman–Crippen LogP) is 14.6. The van der Waals surface area contributed by atoms with Crippen LogP contribution in [0.15, 0.2) is 97.1 Å². The fourth-order valence-corrected chi connectivity index (χ4v) is 8.97. The minimum absolute atomic E-state index is 0.181. The van der Waals surface area contributed by atoms with Crippen LogP contribution in [0.2, 0.25) is 0 Å². The second-order valence-electron chi connectivity index (χ2n) is 22.6. The molecule has 64 heavy (non-hydrogen) atoms. The summed E-state index contributed by atoms with van der Waals surface area (Å²) in [6, 6.07) is 35.1. The molecule has 7 aliphatic rings. The number of ether oxygens (including phenoxy) is 2. The van der Waals surface area contributed by atoms with Crippen LogP contribution < -0.4 is 9.47 Å². The van der Waals surface area contributed by atoms with Gasteiger partial charge in [0.05, 0.1) is 0 Å². The van der Waals surface area contributed by atoms with Crippen molar-refractivity contribution in [2.24, 2.45) is 0 Å². The Balaban J connectivity index is 1.49. The van der Waals surface area contributed by atoms with Gasteiger partial charge in [0.1, 0.15) is 36.2 Å². The molecule has 332 valence electrons. The molecule has 0 fully saturated rings. The summed E-state index contributed by atoms with van der Waals surface area (Å²) in [6.07, 6.45) is 6.15. The zero-order valence-electron chi connectivity index (χ0n) is 40.3. The minimum Gasteiger partial charge on any atom is -0.507 e. The van der Waals surface area contributed by atoms with E-state index < -0.39 is 0 Å². The standard InChI is InChI=1S/C60H68O4/c1-57(2,3)49-27-41-23-45-31-51(59(7,8)9)33-47-25-43-29-50(58(4,5)6)30-44(54(43)62)26-48-34-52(60(10,11)12)32-46(24-42(28-49)53(41)61)56(48)64-36-40-21-17-38(18-22-40)14-13-37-15-19-39(20-16-37)35-63-55(45)47/h13-22,27-34,61-62H,23-26,35-36H2,1-12H3. The number of phenols is 2. The lowest BCUT2D eigenvalue weighted by atomic mass is 9.79. The molecule has 0 aromatic heterocycles. The van der Waals surface area contributed by atoms with Gasteiger partial charge in [-0.2, -0.15) is 0 Å². The highest BCUT2D eigenvalue weighted by Gasteiger charge is 2.29. The summed E-state index contributed by atoms with van der Waals surface area (Å²) >= 11 is 0. The SMILES string of the molecule is CC(C)(C)c1cc2c(O)c(c1)Cc1cc(C(C)(C)C)cc3c1OCc1ccc(cc1)C=Cc1ccc(cc1)COc1c(cc(C(C)(C)C)cc1Cc1cc(C(C)(C)C)cc(c1O)C3)C2. The Morgan fingerprint density at radius 1 is 0.344 bits per heavy atom. The van der Waals surface area contributed by atoms with Crippen LogP contribution in [0, 0.1) is 0 Å². The van der Waals surface area contributed by atoms with Gasteiger partial charge in [-0.15, -0.1) is 0 Å². The van der Waals surface area contributed by atoms with Crippen molar-refractivity contribution >= 4 is 12.2 Å². The van der Waals surface area contributed by atoms with E-state index in [1.165, 1.54) is 11.1 Å². The highest BCUT2D eigenvalue weighted by atomic mass is 16.5. The second-order valence-corrected chi connectivity index (χ2v) is 22.6. The number of rotatable bonds is 0. The van der Waals surface area contributed by atoms with Gasteiger partial charge in [0, 0.05) is 25.7 Å². The first kappa shape index (κ1) is 44.9. The largest absolute Gasteiger partial charge is 0.507 e. The van der Waals surface area contributed by atoms with Crippen LogP contribution in [0.1, 0.15) is 172 Å². The molecule has 0 atom stereocenters. The molecule has 4 nitrogen and oxygen atoms in total. The van der Waals surface area contributed by atoms with Crippen LogP contribution in [0.5, 0.6) is 23.0 Å². The fourth-order valence-electron chi connectivity index (χ4n) is 8.97. The van der Waals surface area contributed by atoms with Gasteiger partial charge in [-0.25, -0.2) is 0 Å². The maximum Gasteiger partial charge on any atom is 0.126 e. The Labute approximate surface area is 383 Å². The van der Waals surface area contributed by atoms with Crippen LogP contribution in [0.4, 0.5) is 0 Å². The summed E-state index contributed by atoms with van der Waals surface area (Å²) in [4.78, 5) is 0. The molecule has 2 N–H and O–H groups in total. The first-order valence-corrected chi connectivity index (χ1v) is 23.1. The van der Waals surface area contributed by atoms with E-state index in [-0.39, 0.29) is 21.7 Å². The van der Waals surface area contributed by atoms with E-state index in [9.17, 15) is 10.2 Å². The molecular formula is C60H68O4. The summed E-state index contributed by atoms with van der Waals surface area (Å²) in [7, 11) is 0. The molecule has 14 bridgehead atoms. The van der Waals surface area contributed by atoms with E-state index in [1.54, 1.807) is 0 Å². The zero-order chi connectivity index (χ0) is 45.9. The molecule has 6 heterocycles. The van der Waals surface area contributed by atoms with Gasteiger partial charge >= 0.3 is 0 Å². The summed E-state index contributed by atoms with van der Waals surface area (Å²) in [6.45, 7) is 27.7. The van der Waals surface area contributed by atoms with Gasteiger partial charge in [-0.3, -0.25) is 0 Å². The van der Waals surface area contributed by atoms with Crippen molar-refractivity contribution in [2.45, 2.75) is 144 Å². The number of hydrogen-bond acceptors (Lipinski definition) is 4. The van der Waals surface area contributed by atoms with Crippen LogP contribution in [-0.4, -0.2) is 10.2 Å². The van der Waals surface area contributed by atoms with Crippen molar-refractivity contribution in [3.05, 3.63) is 186 Å². The number of benzene rings is 6. The molecule has 0 amide bonds. The van der Waals surface area contributed by atoms with Crippen molar-refractivity contribution in [2.75, 3.05) is 0 Å². The third kappa shape index (κ3) is 9.67. The van der Waals surface area contributed by atoms with E-state index in [0.717, 1.165) is 89.4 Å². The Kier molecular flexibility index (Phi) is 11.7. The van der Waals surface area contributed by atoms with Crippen LogP contribution in [-0.2, 0) is 60.6 Å². The molecule has 0 radical (unpaired) electrons. The lowest BCUT2D eigenvalue weighted by molar-refractivity contribution is 0.300. The van der Waals surface area contributed by atoms with Crippen LogP contribution in [0.3, 0.4) is 0 Å². The summed E-state index contributed by atoms with van der Waals surface area (Å²) < 4.78 is 14.1. The Morgan fingerprint density at radius 3 is 0.812 bits per heavy atom. The molecule has 0 saturated heterocycles. The molecule has 0 saturated carbocycles. The van der Waals surface area contributed by atoms with Gasteiger partial charge in [0.2, 0.25) is 0 Å². The Morgan fingerprint density at radius 2 is 0.578 bits per heavy atom. The van der Waals surface area contributed by atoms with Gasteiger partial charge < -0.3 is 19.7 Å². The third-order valence-corrected chi connectivity index (χ3v) is 13.2. The molecule has 6 aromatic carbocycles. The highest BCUT2D eigenvalue weighted by Crippen LogP contribution is 2.44. The predicted molar refractivity (Wildman–Crippen MR) is 266 cm³/mol. The molecule has 13 rings (SSSR count). The molecule has 6 aliphatic heterocycles. The van der Waals surface area contributed by atoms with Gasteiger partial charge in [-0.1, -0.05) is 192 Å². The lowest BCUT2D eigenvalue weighted by Gasteiger charge is -2.28. The van der Waals surface area contributed by atoms with E-state index >= 15 is 0 Å². The van der Waals surface area contributed by atoms with Gasteiger partial charge in [-0.05, 0) is 111 Å². The minimum atomic E-state index is -0.185. The second kappa shape index (κ2) is 16.7. The third-order valence-electron chi connectivity index (χ3n) is 13.2. The quantitative estimate of drug-likeness (QED) is 0.160. The maximum atomic E-state index is 12.7. The van der Waals surface area contributed by atoms with E-state index in [1.807, 2.05) is 0 Å². The van der Waals surface area contributed by atoms with Gasteiger partial charge in [0.25, 0.3) is 0 Å². The van der Waals surface area contributed by atoms with E-state index in [2.05, 4.69) is 192 Å². The number of phenolic OH excluding ortho intramolecular Hbond substituents is 2. The van der Waals surface area contributed by atoms with Crippen molar-refractivity contribution in [1.82, 2.24) is 0 Å². The summed E-state index contributed by atoms with van der Waals surface area (Å²) in [5.74, 6) is 2.20. The normalized spacial score (nSPS) is 14.5. The zero-order valence-corrected chi connectivity index (χ0v) is 40.3. The van der Waals surface area contributed by atoms with Crippen LogP contribution in [0.25, 0.3) is 12.2 Å². The van der Waals surface area contributed by atoms with Gasteiger partial charge in [0.15, 0.2) is 0 Å². The lowest BCUT2D eigenvalue weighted by Crippen LogP contribution is -2.16. The molecule has 0 unspecified atom stereocenters. The summed E-state index contributed by atoms with van der Waals surface area (Å²) in [5, 5.41) is 25.3. The monoisotopic (exact) mass is 853 g/mol. The molecule has 1 aliphatic carbocycles. The van der Waals surface area contributed by atoms with Crippen molar-refractivity contribution in [1.29, 1.82) is 0 Å². The fraction of sp³-hybridized carbons (Fsp3) is 0.367. The van der Waals surface area contributed by atoms with E-state index in [4.69, 9.17) is 9.47 Å². The molecule has 4 heteroatoms. The Hall–Kier alpha value is -5.74. The van der Waals surface area contributed by atoms with Crippen molar-refractivity contribution in [3.63, 3.8) is 0 Å². The maximum absolute atomic E-state index is 12.7. The smallest absolute Gasteiger partial charge is 0.126 e. The number of aromatic hydroxyl groups is 2. The molecular weight excluding hydrogens is 785 g/mol. The van der Waals surface area contributed by atoms with E-state index in [0.29, 0.717) is 50.4 Å². The summed E-state index contributed by atoms with van der Waals surface area (Å²) in [5.41, 5.74) is 15.8. The first-order valence-electron chi connectivity index (χ1n) is 23.1. The topological polar surface area (TPSA) is 58.9 Å². The average Bonchev–Trinajstić information content (AvgIpc) is 3.20. The number of hydrogen-bond donors (Lipinski definition) is 2.